The lowest BCUT2D eigenvalue weighted by Gasteiger charge is -2.49. The average molecular weight is 356 g/mol. The molecule has 2 heterocycles. The van der Waals surface area contributed by atoms with Crippen molar-refractivity contribution in [2.45, 2.75) is 38.8 Å². The lowest BCUT2D eigenvalue weighted by Crippen LogP contribution is -2.61. The van der Waals surface area contributed by atoms with Gasteiger partial charge in [0.15, 0.2) is 0 Å². The number of benzene rings is 1. The van der Waals surface area contributed by atoms with E-state index in [2.05, 4.69) is 36.0 Å². The summed E-state index contributed by atoms with van der Waals surface area (Å²) in [5, 5.41) is 4.27. The fourth-order valence-electron chi connectivity index (χ4n) is 3.73. The molecule has 3 rings (SSSR count). The van der Waals surface area contributed by atoms with Crippen molar-refractivity contribution in [3.05, 3.63) is 42.7 Å². The van der Waals surface area contributed by atoms with E-state index in [9.17, 15) is 4.79 Å². The Morgan fingerprint density at radius 2 is 2.00 bits per heavy atom. The Morgan fingerprint density at radius 1 is 1.27 bits per heavy atom. The summed E-state index contributed by atoms with van der Waals surface area (Å²) < 4.78 is 7.02. The molecule has 1 aliphatic heterocycles. The smallest absolute Gasteiger partial charge is 0.247 e. The number of rotatable bonds is 5. The second-order valence-electron chi connectivity index (χ2n) is 7.33. The molecule has 0 spiro atoms. The molecule has 0 radical (unpaired) electrons. The minimum atomic E-state index is -0.228. The molecule has 1 aromatic heterocycles. The first-order valence-corrected chi connectivity index (χ1v) is 9.16. The van der Waals surface area contributed by atoms with Crippen LogP contribution in [0.4, 0.5) is 5.69 Å². The predicted molar refractivity (Wildman–Crippen MR) is 103 cm³/mol. The van der Waals surface area contributed by atoms with E-state index in [0.717, 1.165) is 24.4 Å². The fourth-order valence-corrected chi connectivity index (χ4v) is 3.73. The Morgan fingerprint density at radius 3 is 2.54 bits per heavy atom. The van der Waals surface area contributed by atoms with Crippen LogP contribution in [0.3, 0.4) is 0 Å². The van der Waals surface area contributed by atoms with Crippen molar-refractivity contribution < 1.29 is 9.53 Å². The normalized spacial score (nSPS) is 17.8. The predicted octanol–water partition coefficient (Wildman–Crippen LogP) is 2.97. The van der Waals surface area contributed by atoms with Crippen molar-refractivity contribution in [1.82, 2.24) is 14.7 Å². The summed E-state index contributed by atoms with van der Waals surface area (Å²) in [7, 11) is 1.67. The highest BCUT2D eigenvalue weighted by atomic mass is 16.5. The topological polar surface area (TPSA) is 50.6 Å². The van der Waals surface area contributed by atoms with Crippen molar-refractivity contribution in [3.8, 4) is 5.75 Å². The highest BCUT2D eigenvalue weighted by molar-refractivity contribution is 5.80. The summed E-state index contributed by atoms with van der Waals surface area (Å²) in [6, 6.07) is 9.75. The van der Waals surface area contributed by atoms with Gasteiger partial charge in [-0.15, -0.1) is 0 Å². The standard InChI is InChI=1S/C20H28N4O2/c1-5-18(24-12-6-11-21-24)19(25)22-13-14-23(20(2,3)15-22)16-7-9-17(26-4)10-8-16/h6-12,18H,5,13-15H2,1-4H3. The van der Waals surface area contributed by atoms with Crippen molar-refractivity contribution >= 4 is 11.6 Å². The van der Waals surface area contributed by atoms with Crippen LogP contribution in [-0.4, -0.2) is 52.9 Å². The fraction of sp³-hybridized carbons (Fsp3) is 0.500. The van der Waals surface area contributed by atoms with Gasteiger partial charge in [0.1, 0.15) is 11.8 Å². The van der Waals surface area contributed by atoms with Crippen LogP contribution in [0, 0.1) is 0 Å². The second kappa shape index (κ2) is 7.40. The lowest BCUT2D eigenvalue weighted by atomic mass is 9.96. The van der Waals surface area contributed by atoms with E-state index in [1.807, 2.05) is 36.2 Å². The van der Waals surface area contributed by atoms with Crippen molar-refractivity contribution in [1.29, 1.82) is 0 Å². The van der Waals surface area contributed by atoms with Crippen LogP contribution in [0.2, 0.25) is 0 Å². The number of carbonyl (C=O) groups is 1. The number of carbonyl (C=O) groups excluding carboxylic acids is 1. The molecule has 6 heteroatoms. The molecule has 1 aliphatic rings. The number of aromatic nitrogens is 2. The first-order chi connectivity index (χ1) is 12.5. The summed E-state index contributed by atoms with van der Waals surface area (Å²) >= 11 is 0. The number of piperazine rings is 1. The number of amides is 1. The molecule has 26 heavy (non-hydrogen) atoms. The molecule has 1 aromatic carbocycles. The molecule has 0 N–H and O–H groups in total. The molecule has 1 unspecified atom stereocenters. The third-order valence-electron chi connectivity index (χ3n) is 5.11. The maximum absolute atomic E-state index is 13.1. The van der Waals surface area contributed by atoms with Crippen molar-refractivity contribution in [2.24, 2.45) is 0 Å². The molecular formula is C20H28N4O2. The van der Waals surface area contributed by atoms with Gasteiger partial charge in [-0.2, -0.15) is 5.10 Å². The van der Waals surface area contributed by atoms with E-state index in [1.54, 1.807) is 18.0 Å². The van der Waals surface area contributed by atoms with Gasteiger partial charge in [-0.05, 0) is 50.6 Å². The van der Waals surface area contributed by atoms with Crippen LogP contribution in [0.1, 0.15) is 33.2 Å². The number of methoxy groups -OCH3 is 1. The Labute approximate surface area is 155 Å². The van der Waals surface area contributed by atoms with Gasteiger partial charge in [0.2, 0.25) is 5.91 Å². The third-order valence-corrected chi connectivity index (χ3v) is 5.11. The summed E-state index contributed by atoms with van der Waals surface area (Å²) in [6.07, 6.45) is 4.33. The van der Waals surface area contributed by atoms with Crippen molar-refractivity contribution in [2.75, 3.05) is 31.6 Å². The molecule has 1 saturated heterocycles. The molecule has 6 nitrogen and oxygen atoms in total. The zero-order chi connectivity index (χ0) is 18.7. The second-order valence-corrected chi connectivity index (χ2v) is 7.33. The summed E-state index contributed by atoms with van der Waals surface area (Å²) in [5.41, 5.74) is 1.01. The Hall–Kier alpha value is -2.50. The first-order valence-electron chi connectivity index (χ1n) is 9.16. The SMILES string of the molecule is CCC(C(=O)N1CCN(c2ccc(OC)cc2)C(C)(C)C1)n1cccn1. The largest absolute Gasteiger partial charge is 0.497 e. The number of ether oxygens (including phenoxy) is 1. The van der Waals surface area contributed by atoms with Crippen LogP contribution in [0.5, 0.6) is 5.75 Å². The molecule has 0 bridgehead atoms. The zero-order valence-electron chi connectivity index (χ0n) is 16.1. The lowest BCUT2D eigenvalue weighted by molar-refractivity contribution is -0.136. The van der Waals surface area contributed by atoms with Gasteiger partial charge in [-0.25, -0.2) is 0 Å². The van der Waals surface area contributed by atoms with Crippen LogP contribution in [0.15, 0.2) is 42.7 Å². The highest BCUT2D eigenvalue weighted by Crippen LogP contribution is 2.30. The van der Waals surface area contributed by atoms with Crippen LogP contribution >= 0.6 is 0 Å². The van der Waals surface area contributed by atoms with E-state index in [4.69, 9.17) is 4.74 Å². The Bertz CT molecular complexity index is 725. The van der Waals surface area contributed by atoms with E-state index in [0.29, 0.717) is 13.1 Å². The van der Waals surface area contributed by atoms with E-state index in [-0.39, 0.29) is 17.5 Å². The molecule has 0 saturated carbocycles. The van der Waals surface area contributed by atoms with Gasteiger partial charge in [0.25, 0.3) is 0 Å². The summed E-state index contributed by atoms with van der Waals surface area (Å²) in [5.74, 6) is 1.00. The molecule has 1 amide bonds. The third kappa shape index (κ3) is 3.54. The number of hydrogen-bond acceptors (Lipinski definition) is 4. The molecule has 1 fully saturated rings. The van der Waals surface area contributed by atoms with Gasteiger partial charge in [0, 0.05) is 37.7 Å². The van der Waals surface area contributed by atoms with E-state index >= 15 is 0 Å². The Balaban J connectivity index is 1.74. The molecule has 0 aliphatic carbocycles. The first kappa shape index (κ1) is 18.3. The van der Waals surface area contributed by atoms with Crippen molar-refractivity contribution in [3.63, 3.8) is 0 Å². The van der Waals surface area contributed by atoms with E-state index in [1.165, 1.54) is 0 Å². The molecular weight excluding hydrogens is 328 g/mol. The van der Waals surface area contributed by atoms with Crippen LogP contribution < -0.4 is 9.64 Å². The maximum atomic E-state index is 13.1. The zero-order valence-corrected chi connectivity index (χ0v) is 16.1. The number of anilines is 1. The Kier molecular flexibility index (Phi) is 5.20. The van der Waals surface area contributed by atoms with Gasteiger partial charge in [-0.3, -0.25) is 9.48 Å². The maximum Gasteiger partial charge on any atom is 0.247 e. The molecule has 1 atom stereocenters. The number of hydrogen-bond donors (Lipinski definition) is 0. The number of nitrogens with zero attached hydrogens (tertiary/aromatic N) is 4. The van der Waals surface area contributed by atoms with E-state index < -0.39 is 0 Å². The summed E-state index contributed by atoms with van der Waals surface area (Å²) in [4.78, 5) is 17.4. The minimum absolute atomic E-state index is 0.148. The van der Waals surface area contributed by atoms with Crippen LogP contribution in [0.25, 0.3) is 0 Å². The highest BCUT2D eigenvalue weighted by Gasteiger charge is 2.37. The monoisotopic (exact) mass is 356 g/mol. The van der Waals surface area contributed by atoms with Crippen LogP contribution in [-0.2, 0) is 4.79 Å². The molecule has 2 aromatic rings. The average Bonchev–Trinajstić information content (AvgIpc) is 3.16. The van der Waals surface area contributed by atoms with Gasteiger partial charge in [0.05, 0.1) is 12.6 Å². The minimum Gasteiger partial charge on any atom is -0.497 e. The summed E-state index contributed by atoms with van der Waals surface area (Å²) in [6.45, 7) is 8.61. The molecule has 140 valence electrons. The van der Waals surface area contributed by atoms with Gasteiger partial charge < -0.3 is 14.5 Å². The van der Waals surface area contributed by atoms with Gasteiger partial charge in [-0.1, -0.05) is 6.92 Å². The van der Waals surface area contributed by atoms with Gasteiger partial charge >= 0.3 is 0 Å². The quantitative estimate of drug-likeness (QED) is 0.826.